The molecular weight excluding hydrogens is 260 g/mol. The SMILES string of the molecule is C=CC(O)c1cc(Br)c(O)c(OCC)c1. The maximum atomic E-state index is 9.63. The van der Waals surface area contributed by atoms with E-state index >= 15 is 0 Å². The molecule has 0 saturated carbocycles. The Kier molecular flexibility index (Phi) is 4.17. The molecule has 0 aliphatic carbocycles. The summed E-state index contributed by atoms with van der Waals surface area (Å²) in [6.07, 6.45) is 0.648. The lowest BCUT2D eigenvalue weighted by Crippen LogP contribution is -1.97. The molecule has 15 heavy (non-hydrogen) atoms. The molecule has 2 N–H and O–H groups in total. The maximum absolute atomic E-state index is 9.63. The van der Waals surface area contributed by atoms with Crippen LogP contribution >= 0.6 is 15.9 Å². The first-order valence-electron chi connectivity index (χ1n) is 4.56. The van der Waals surface area contributed by atoms with E-state index in [-0.39, 0.29) is 5.75 Å². The van der Waals surface area contributed by atoms with Crippen LogP contribution in [-0.2, 0) is 0 Å². The molecule has 0 aliphatic heterocycles. The van der Waals surface area contributed by atoms with Gasteiger partial charge in [-0.05, 0) is 40.5 Å². The number of aliphatic hydroxyl groups excluding tert-OH is 1. The summed E-state index contributed by atoms with van der Waals surface area (Å²) in [7, 11) is 0. The van der Waals surface area contributed by atoms with Crippen molar-refractivity contribution in [3.63, 3.8) is 0 Å². The number of phenols is 1. The topological polar surface area (TPSA) is 49.7 Å². The summed E-state index contributed by atoms with van der Waals surface area (Å²) in [5.74, 6) is 0.389. The maximum Gasteiger partial charge on any atom is 0.172 e. The molecule has 0 aliphatic rings. The predicted molar refractivity (Wildman–Crippen MR) is 62.1 cm³/mol. The molecule has 0 aromatic heterocycles. The highest BCUT2D eigenvalue weighted by molar-refractivity contribution is 9.10. The molecule has 0 bridgehead atoms. The van der Waals surface area contributed by atoms with Gasteiger partial charge in [-0.2, -0.15) is 0 Å². The zero-order chi connectivity index (χ0) is 11.4. The molecule has 0 amide bonds. The highest BCUT2D eigenvalue weighted by atomic mass is 79.9. The fourth-order valence-electron chi connectivity index (χ4n) is 1.17. The number of hydrogen-bond donors (Lipinski definition) is 2. The van der Waals surface area contributed by atoms with Crippen molar-refractivity contribution >= 4 is 15.9 Å². The third-order valence-electron chi connectivity index (χ3n) is 1.92. The fourth-order valence-corrected chi connectivity index (χ4v) is 1.63. The molecule has 0 saturated heterocycles. The second-order valence-electron chi connectivity index (χ2n) is 2.96. The van der Waals surface area contributed by atoms with Crippen molar-refractivity contribution in [2.75, 3.05) is 6.61 Å². The number of aliphatic hydroxyl groups is 1. The minimum atomic E-state index is -0.763. The highest BCUT2D eigenvalue weighted by Gasteiger charge is 2.12. The van der Waals surface area contributed by atoms with Gasteiger partial charge >= 0.3 is 0 Å². The van der Waals surface area contributed by atoms with Crippen molar-refractivity contribution < 1.29 is 14.9 Å². The van der Waals surface area contributed by atoms with Crippen LogP contribution in [0.1, 0.15) is 18.6 Å². The minimum absolute atomic E-state index is 0.0388. The quantitative estimate of drug-likeness (QED) is 0.829. The number of rotatable bonds is 4. The summed E-state index contributed by atoms with van der Waals surface area (Å²) in [6, 6.07) is 3.22. The van der Waals surface area contributed by atoms with E-state index in [2.05, 4.69) is 22.5 Å². The monoisotopic (exact) mass is 272 g/mol. The van der Waals surface area contributed by atoms with Gasteiger partial charge in [-0.3, -0.25) is 0 Å². The summed E-state index contributed by atoms with van der Waals surface area (Å²) >= 11 is 3.19. The number of hydrogen-bond acceptors (Lipinski definition) is 3. The third-order valence-corrected chi connectivity index (χ3v) is 2.52. The Labute approximate surface area is 97.1 Å². The van der Waals surface area contributed by atoms with Crippen LogP contribution in [-0.4, -0.2) is 16.8 Å². The predicted octanol–water partition coefficient (Wildman–Crippen LogP) is 2.77. The standard InChI is InChI=1S/C11H13BrO3/c1-3-9(13)7-5-8(12)11(14)10(6-7)15-4-2/h3,5-6,9,13-14H,1,4H2,2H3. The highest BCUT2D eigenvalue weighted by Crippen LogP contribution is 2.37. The summed E-state index contributed by atoms with van der Waals surface area (Å²) in [5, 5.41) is 19.2. The Morgan fingerprint density at radius 1 is 1.60 bits per heavy atom. The van der Waals surface area contributed by atoms with Crippen molar-refractivity contribution in [1.82, 2.24) is 0 Å². The molecule has 1 aromatic carbocycles. The lowest BCUT2D eigenvalue weighted by molar-refractivity contribution is 0.227. The minimum Gasteiger partial charge on any atom is -0.503 e. The summed E-state index contributed by atoms with van der Waals surface area (Å²) in [5.41, 5.74) is 0.623. The van der Waals surface area contributed by atoms with Gasteiger partial charge in [-0.15, -0.1) is 6.58 Å². The van der Waals surface area contributed by atoms with Crippen LogP contribution in [0, 0.1) is 0 Å². The molecule has 3 nitrogen and oxygen atoms in total. The smallest absolute Gasteiger partial charge is 0.172 e. The molecular formula is C11H13BrO3. The molecule has 0 radical (unpaired) electrons. The average Bonchev–Trinajstić information content (AvgIpc) is 2.23. The summed E-state index contributed by atoms with van der Waals surface area (Å²) in [6.45, 7) is 5.77. The van der Waals surface area contributed by atoms with Crippen molar-refractivity contribution in [3.05, 3.63) is 34.8 Å². The van der Waals surface area contributed by atoms with Gasteiger partial charge in [0.25, 0.3) is 0 Å². The average molecular weight is 273 g/mol. The molecule has 1 unspecified atom stereocenters. The number of aromatic hydroxyl groups is 1. The zero-order valence-electron chi connectivity index (χ0n) is 8.40. The van der Waals surface area contributed by atoms with Crippen LogP contribution < -0.4 is 4.74 Å². The van der Waals surface area contributed by atoms with Crippen LogP contribution in [0.15, 0.2) is 29.3 Å². The largest absolute Gasteiger partial charge is 0.503 e. The normalized spacial score (nSPS) is 12.2. The lowest BCUT2D eigenvalue weighted by atomic mass is 10.1. The third kappa shape index (κ3) is 2.73. The first-order chi connectivity index (χ1) is 7.10. The van der Waals surface area contributed by atoms with Gasteiger partial charge in [0.2, 0.25) is 0 Å². The van der Waals surface area contributed by atoms with Gasteiger partial charge in [0, 0.05) is 0 Å². The molecule has 82 valence electrons. The molecule has 0 fully saturated rings. The van der Waals surface area contributed by atoms with Crippen LogP contribution in [0.3, 0.4) is 0 Å². The summed E-state index contributed by atoms with van der Waals surface area (Å²) < 4.78 is 5.72. The second-order valence-corrected chi connectivity index (χ2v) is 3.82. The van der Waals surface area contributed by atoms with E-state index in [4.69, 9.17) is 4.74 Å². The lowest BCUT2D eigenvalue weighted by Gasteiger charge is -2.12. The van der Waals surface area contributed by atoms with Gasteiger partial charge in [0.1, 0.15) is 0 Å². The Morgan fingerprint density at radius 3 is 2.80 bits per heavy atom. The van der Waals surface area contributed by atoms with Gasteiger partial charge in [0.05, 0.1) is 17.2 Å². The van der Waals surface area contributed by atoms with Crippen molar-refractivity contribution in [2.24, 2.45) is 0 Å². The first-order valence-corrected chi connectivity index (χ1v) is 5.35. The van der Waals surface area contributed by atoms with Crippen LogP contribution in [0.25, 0.3) is 0 Å². The Bertz CT molecular complexity index is 363. The zero-order valence-corrected chi connectivity index (χ0v) is 9.99. The summed E-state index contributed by atoms with van der Waals surface area (Å²) in [4.78, 5) is 0. The molecule has 4 heteroatoms. The van der Waals surface area contributed by atoms with Crippen molar-refractivity contribution in [3.8, 4) is 11.5 Å². The van der Waals surface area contributed by atoms with Gasteiger partial charge in [-0.25, -0.2) is 0 Å². The first kappa shape index (κ1) is 12.1. The van der Waals surface area contributed by atoms with Crippen LogP contribution in [0.4, 0.5) is 0 Å². The molecule has 1 atom stereocenters. The van der Waals surface area contributed by atoms with E-state index in [9.17, 15) is 10.2 Å². The second kappa shape index (κ2) is 5.19. The van der Waals surface area contributed by atoms with Crippen LogP contribution in [0.5, 0.6) is 11.5 Å². The van der Waals surface area contributed by atoms with Crippen molar-refractivity contribution in [1.29, 1.82) is 0 Å². The number of halogens is 1. The van der Waals surface area contributed by atoms with Gasteiger partial charge in [-0.1, -0.05) is 6.08 Å². The molecule has 0 spiro atoms. The number of phenolic OH excluding ortho intramolecular Hbond substituents is 1. The Balaban J connectivity index is 3.16. The van der Waals surface area contributed by atoms with E-state index in [1.807, 2.05) is 6.92 Å². The van der Waals surface area contributed by atoms with E-state index in [0.29, 0.717) is 22.4 Å². The Hall–Kier alpha value is -1.00. The van der Waals surface area contributed by atoms with E-state index < -0.39 is 6.10 Å². The number of ether oxygens (including phenoxy) is 1. The molecule has 1 aromatic rings. The molecule has 1 rings (SSSR count). The molecule has 0 heterocycles. The number of benzene rings is 1. The Morgan fingerprint density at radius 2 is 2.27 bits per heavy atom. The van der Waals surface area contributed by atoms with E-state index in [1.54, 1.807) is 12.1 Å². The van der Waals surface area contributed by atoms with E-state index in [0.717, 1.165) is 0 Å². The van der Waals surface area contributed by atoms with Gasteiger partial charge < -0.3 is 14.9 Å². The van der Waals surface area contributed by atoms with Gasteiger partial charge in [0.15, 0.2) is 11.5 Å². The van der Waals surface area contributed by atoms with E-state index in [1.165, 1.54) is 6.08 Å². The van der Waals surface area contributed by atoms with Crippen LogP contribution in [0.2, 0.25) is 0 Å². The van der Waals surface area contributed by atoms with Crippen molar-refractivity contribution in [2.45, 2.75) is 13.0 Å². The fraction of sp³-hybridized carbons (Fsp3) is 0.273.